The van der Waals surface area contributed by atoms with Crippen LogP contribution in [0.5, 0.6) is 0 Å². The molecule has 5 nitrogen and oxygen atoms in total. The maximum Gasteiger partial charge on any atom is 0.135 e. The fraction of sp³-hybridized carbons (Fsp3) is 0.500. The largest absolute Gasteiger partial charge is 0.399 e. The Balaban J connectivity index is 2.16. The van der Waals surface area contributed by atoms with Gasteiger partial charge in [-0.15, -0.1) is 0 Å². The number of nitrogens with two attached hydrogens (primary N) is 1. The average Bonchev–Trinajstić information content (AvgIpc) is 2.71. The molecule has 0 fully saturated rings. The van der Waals surface area contributed by atoms with Crippen LogP contribution in [0.15, 0.2) is 18.2 Å². The minimum Gasteiger partial charge on any atom is -0.399 e. The zero-order chi connectivity index (χ0) is 13.8. The number of anilines is 1. The Morgan fingerprint density at radius 2 is 2.11 bits per heavy atom. The van der Waals surface area contributed by atoms with Crippen LogP contribution >= 0.6 is 0 Å². The predicted molar refractivity (Wildman–Crippen MR) is 77.9 cm³/mol. The van der Waals surface area contributed by atoms with Gasteiger partial charge in [-0.25, -0.2) is 4.98 Å². The zero-order valence-electron chi connectivity index (χ0n) is 11.6. The van der Waals surface area contributed by atoms with Crippen molar-refractivity contribution in [2.24, 2.45) is 0 Å². The summed E-state index contributed by atoms with van der Waals surface area (Å²) in [6, 6.07) is 5.70. The Bertz CT molecular complexity index is 548. The van der Waals surface area contributed by atoms with Gasteiger partial charge in [-0.2, -0.15) is 0 Å². The summed E-state index contributed by atoms with van der Waals surface area (Å²) in [5.41, 5.74) is 8.37. The SMILES string of the molecule is CN(C)CCCCn1c(CO)nc2cc(N)ccc21. The molecule has 2 aromatic rings. The first-order valence-corrected chi connectivity index (χ1v) is 6.62. The van der Waals surface area contributed by atoms with Crippen LogP contribution in [0.4, 0.5) is 5.69 Å². The first-order chi connectivity index (χ1) is 9.11. The van der Waals surface area contributed by atoms with Crippen molar-refractivity contribution in [2.45, 2.75) is 26.0 Å². The topological polar surface area (TPSA) is 67.3 Å². The van der Waals surface area contributed by atoms with Crippen LogP contribution in [0.1, 0.15) is 18.7 Å². The van der Waals surface area contributed by atoms with Gasteiger partial charge in [0.15, 0.2) is 0 Å². The minimum absolute atomic E-state index is 0.0394. The summed E-state index contributed by atoms with van der Waals surface area (Å²) in [5, 5.41) is 9.41. The second kappa shape index (κ2) is 6.04. The molecular weight excluding hydrogens is 240 g/mol. The highest BCUT2D eigenvalue weighted by Gasteiger charge is 2.09. The Hall–Kier alpha value is -1.59. The molecule has 0 unspecified atom stereocenters. The van der Waals surface area contributed by atoms with Gasteiger partial charge in [-0.1, -0.05) is 0 Å². The maximum absolute atomic E-state index is 9.41. The smallest absolute Gasteiger partial charge is 0.135 e. The zero-order valence-corrected chi connectivity index (χ0v) is 11.6. The number of hydrogen-bond acceptors (Lipinski definition) is 4. The van der Waals surface area contributed by atoms with Gasteiger partial charge in [0.25, 0.3) is 0 Å². The van der Waals surface area contributed by atoms with Crippen molar-refractivity contribution in [1.82, 2.24) is 14.5 Å². The molecule has 1 aromatic carbocycles. The summed E-state index contributed by atoms with van der Waals surface area (Å²) in [4.78, 5) is 6.61. The normalized spacial score (nSPS) is 11.6. The highest BCUT2D eigenvalue weighted by Crippen LogP contribution is 2.19. The molecule has 1 aromatic heterocycles. The van der Waals surface area contributed by atoms with E-state index >= 15 is 0 Å². The highest BCUT2D eigenvalue weighted by molar-refractivity contribution is 5.79. The molecule has 0 aliphatic heterocycles. The fourth-order valence-electron chi connectivity index (χ4n) is 2.26. The first kappa shape index (κ1) is 13.8. The molecule has 0 radical (unpaired) electrons. The van der Waals surface area contributed by atoms with Crippen LogP contribution in [-0.4, -0.2) is 40.2 Å². The Morgan fingerprint density at radius 1 is 1.32 bits per heavy atom. The van der Waals surface area contributed by atoms with Gasteiger partial charge >= 0.3 is 0 Å². The number of rotatable bonds is 6. The van der Waals surface area contributed by atoms with E-state index in [-0.39, 0.29) is 6.61 Å². The molecule has 0 atom stereocenters. The average molecular weight is 262 g/mol. The van der Waals surface area contributed by atoms with Crippen LogP contribution in [0.3, 0.4) is 0 Å². The number of aliphatic hydroxyl groups is 1. The molecule has 0 saturated heterocycles. The van der Waals surface area contributed by atoms with Crippen molar-refractivity contribution < 1.29 is 5.11 Å². The van der Waals surface area contributed by atoms with Gasteiger partial charge in [0, 0.05) is 12.2 Å². The van der Waals surface area contributed by atoms with E-state index in [0.717, 1.165) is 37.0 Å². The minimum atomic E-state index is -0.0394. The number of fused-ring (bicyclic) bond motifs is 1. The number of aryl methyl sites for hydroxylation is 1. The summed E-state index contributed by atoms with van der Waals surface area (Å²) < 4.78 is 2.09. The Morgan fingerprint density at radius 3 is 2.79 bits per heavy atom. The molecule has 0 aliphatic carbocycles. The van der Waals surface area contributed by atoms with E-state index in [4.69, 9.17) is 5.73 Å². The molecule has 0 aliphatic rings. The van der Waals surface area contributed by atoms with Crippen molar-refractivity contribution in [1.29, 1.82) is 0 Å². The third-order valence-corrected chi connectivity index (χ3v) is 3.23. The number of imidazole rings is 1. The van der Waals surface area contributed by atoms with Crippen LogP contribution in [0.25, 0.3) is 11.0 Å². The van der Waals surface area contributed by atoms with Crippen molar-refractivity contribution >= 4 is 16.7 Å². The molecular formula is C14H22N4O. The Labute approximate surface area is 113 Å². The molecule has 0 bridgehead atoms. The number of aromatic nitrogens is 2. The summed E-state index contributed by atoms with van der Waals surface area (Å²) in [6.07, 6.45) is 2.20. The lowest BCUT2D eigenvalue weighted by atomic mass is 10.2. The number of benzene rings is 1. The van der Waals surface area contributed by atoms with E-state index < -0.39 is 0 Å². The van der Waals surface area contributed by atoms with E-state index in [1.807, 2.05) is 18.2 Å². The second-order valence-corrected chi connectivity index (χ2v) is 5.10. The van der Waals surface area contributed by atoms with Crippen LogP contribution in [0, 0.1) is 0 Å². The Kier molecular flexibility index (Phi) is 4.39. The fourth-order valence-corrected chi connectivity index (χ4v) is 2.26. The van der Waals surface area contributed by atoms with Gasteiger partial charge in [-0.3, -0.25) is 0 Å². The molecule has 0 amide bonds. The molecule has 2 rings (SSSR count). The first-order valence-electron chi connectivity index (χ1n) is 6.62. The van der Waals surface area contributed by atoms with E-state index in [1.54, 1.807) is 0 Å². The molecule has 1 heterocycles. The third kappa shape index (κ3) is 3.24. The lowest BCUT2D eigenvalue weighted by molar-refractivity contribution is 0.265. The van der Waals surface area contributed by atoms with E-state index in [2.05, 4.69) is 28.5 Å². The van der Waals surface area contributed by atoms with Gasteiger partial charge in [0.05, 0.1) is 11.0 Å². The molecule has 5 heteroatoms. The predicted octanol–water partition coefficient (Wildman–Crippen LogP) is 1.45. The quantitative estimate of drug-likeness (QED) is 0.611. The number of aliphatic hydroxyl groups excluding tert-OH is 1. The van der Waals surface area contributed by atoms with Crippen molar-refractivity contribution in [3.05, 3.63) is 24.0 Å². The maximum atomic E-state index is 9.41. The van der Waals surface area contributed by atoms with Gasteiger partial charge in [0.2, 0.25) is 0 Å². The number of unbranched alkanes of at least 4 members (excludes halogenated alkanes) is 1. The lowest BCUT2D eigenvalue weighted by Crippen LogP contribution is -2.14. The van der Waals surface area contributed by atoms with Gasteiger partial charge in [-0.05, 0) is 51.7 Å². The van der Waals surface area contributed by atoms with E-state index in [9.17, 15) is 5.11 Å². The van der Waals surface area contributed by atoms with Gasteiger partial charge < -0.3 is 20.3 Å². The van der Waals surface area contributed by atoms with Crippen LogP contribution in [-0.2, 0) is 13.2 Å². The molecule has 0 saturated carbocycles. The summed E-state index contributed by atoms with van der Waals surface area (Å²) in [7, 11) is 4.16. The second-order valence-electron chi connectivity index (χ2n) is 5.10. The van der Waals surface area contributed by atoms with Crippen LogP contribution < -0.4 is 5.73 Å². The summed E-state index contributed by atoms with van der Waals surface area (Å²) >= 11 is 0. The number of nitrogen functional groups attached to an aromatic ring is 1. The summed E-state index contributed by atoms with van der Waals surface area (Å²) in [6.45, 7) is 1.92. The number of hydrogen-bond donors (Lipinski definition) is 2. The highest BCUT2D eigenvalue weighted by atomic mass is 16.3. The third-order valence-electron chi connectivity index (χ3n) is 3.23. The molecule has 104 valence electrons. The van der Waals surface area contributed by atoms with Crippen molar-refractivity contribution in [3.63, 3.8) is 0 Å². The van der Waals surface area contributed by atoms with E-state index in [1.165, 1.54) is 0 Å². The molecule has 3 N–H and O–H groups in total. The monoisotopic (exact) mass is 262 g/mol. The van der Waals surface area contributed by atoms with E-state index in [0.29, 0.717) is 11.5 Å². The molecule has 19 heavy (non-hydrogen) atoms. The molecule has 0 spiro atoms. The summed E-state index contributed by atoms with van der Waals surface area (Å²) in [5.74, 6) is 0.713. The number of nitrogens with zero attached hydrogens (tertiary/aromatic N) is 3. The van der Waals surface area contributed by atoms with Gasteiger partial charge in [0.1, 0.15) is 12.4 Å². The standard InChI is InChI=1S/C14H22N4O/c1-17(2)7-3-4-8-18-13-6-5-11(15)9-12(13)16-14(18)10-19/h5-6,9,19H,3-4,7-8,10,15H2,1-2H3. The van der Waals surface area contributed by atoms with Crippen molar-refractivity contribution in [2.75, 3.05) is 26.4 Å². The van der Waals surface area contributed by atoms with Crippen LogP contribution in [0.2, 0.25) is 0 Å². The lowest BCUT2D eigenvalue weighted by Gasteiger charge is -2.11. The van der Waals surface area contributed by atoms with Crippen molar-refractivity contribution in [3.8, 4) is 0 Å².